The molecule has 1 fully saturated rings. The first-order valence-corrected chi connectivity index (χ1v) is 6.04. The lowest BCUT2D eigenvalue weighted by atomic mass is 10.1. The summed E-state index contributed by atoms with van der Waals surface area (Å²) in [6.45, 7) is 0.866. The number of ether oxygens (including phenoxy) is 1. The van der Waals surface area contributed by atoms with Crippen molar-refractivity contribution in [1.82, 2.24) is 14.6 Å². The van der Waals surface area contributed by atoms with Crippen LogP contribution in [0.15, 0.2) is 18.3 Å². The molecule has 2 aromatic heterocycles. The maximum absolute atomic E-state index is 5.71. The topological polar surface area (TPSA) is 65.4 Å². The summed E-state index contributed by atoms with van der Waals surface area (Å²) >= 11 is 0. The van der Waals surface area contributed by atoms with Crippen LogP contribution in [-0.2, 0) is 11.2 Å². The summed E-state index contributed by atoms with van der Waals surface area (Å²) < 4.78 is 7.45. The predicted molar refractivity (Wildman–Crippen MR) is 64.7 cm³/mol. The van der Waals surface area contributed by atoms with E-state index in [1.807, 2.05) is 18.3 Å². The van der Waals surface area contributed by atoms with Crippen LogP contribution < -0.4 is 5.73 Å². The third-order valence-electron chi connectivity index (χ3n) is 3.09. The van der Waals surface area contributed by atoms with E-state index in [0.717, 1.165) is 30.9 Å². The summed E-state index contributed by atoms with van der Waals surface area (Å²) in [6.07, 6.45) is 6.43. The zero-order chi connectivity index (χ0) is 11.7. The number of fused-ring (bicyclic) bond motifs is 1. The van der Waals surface area contributed by atoms with Crippen LogP contribution in [0, 0.1) is 0 Å². The minimum absolute atomic E-state index is 0.276. The van der Waals surface area contributed by atoms with E-state index < -0.39 is 0 Å². The Morgan fingerprint density at radius 2 is 2.41 bits per heavy atom. The first kappa shape index (κ1) is 10.5. The second-order valence-electron chi connectivity index (χ2n) is 4.48. The van der Waals surface area contributed by atoms with Crippen LogP contribution in [0.5, 0.6) is 0 Å². The van der Waals surface area contributed by atoms with Crippen LogP contribution in [0.2, 0.25) is 0 Å². The number of aromatic nitrogens is 3. The van der Waals surface area contributed by atoms with Crippen LogP contribution in [-0.4, -0.2) is 27.3 Å². The van der Waals surface area contributed by atoms with E-state index in [2.05, 4.69) is 10.1 Å². The molecule has 5 nitrogen and oxygen atoms in total. The van der Waals surface area contributed by atoms with Crippen molar-refractivity contribution in [2.75, 3.05) is 12.3 Å². The summed E-state index contributed by atoms with van der Waals surface area (Å²) in [4.78, 5) is 4.46. The second kappa shape index (κ2) is 4.33. The highest BCUT2D eigenvalue weighted by Crippen LogP contribution is 2.16. The third kappa shape index (κ3) is 2.24. The van der Waals surface area contributed by atoms with Crippen LogP contribution in [0.4, 0.5) is 5.69 Å². The Hall–Kier alpha value is -1.62. The Balaban J connectivity index is 1.80. The fraction of sp³-hybridized carbons (Fsp3) is 0.500. The summed E-state index contributed by atoms with van der Waals surface area (Å²) in [5.74, 6) is 0.836. The fourth-order valence-electron chi connectivity index (χ4n) is 2.20. The molecule has 3 rings (SSSR count). The number of nitrogens with two attached hydrogens (primary N) is 1. The van der Waals surface area contributed by atoms with Gasteiger partial charge in [-0.05, 0) is 25.3 Å². The number of anilines is 1. The quantitative estimate of drug-likeness (QED) is 0.850. The maximum atomic E-state index is 5.71. The fourth-order valence-corrected chi connectivity index (χ4v) is 2.20. The molecule has 2 N–H and O–H groups in total. The van der Waals surface area contributed by atoms with E-state index in [4.69, 9.17) is 10.5 Å². The van der Waals surface area contributed by atoms with E-state index in [1.54, 1.807) is 4.52 Å². The van der Waals surface area contributed by atoms with E-state index in [1.165, 1.54) is 12.8 Å². The van der Waals surface area contributed by atoms with Gasteiger partial charge in [0.25, 0.3) is 0 Å². The van der Waals surface area contributed by atoms with Gasteiger partial charge in [-0.15, -0.1) is 0 Å². The molecule has 0 saturated carbocycles. The Morgan fingerprint density at radius 3 is 3.24 bits per heavy atom. The Morgan fingerprint density at radius 1 is 1.47 bits per heavy atom. The summed E-state index contributed by atoms with van der Waals surface area (Å²) in [5.41, 5.74) is 7.23. The van der Waals surface area contributed by atoms with Crippen molar-refractivity contribution >= 4 is 11.3 Å². The van der Waals surface area contributed by atoms with Crippen molar-refractivity contribution in [2.45, 2.75) is 31.8 Å². The van der Waals surface area contributed by atoms with Crippen molar-refractivity contribution in [3.05, 3.63) is 24.2 Å². The van der Waals surface area contributed by atoms with Gasteiger partial charge in [-0.25, -0.2) is 9.50 Å². The zero-order valence-electron chi connectivity index (χ0n) is 9.67. The van der Waals surface area contributed by atoms with Crippen molar-refractivity contribution < 1.29 is 4.74 Å². The monoisotopic (exact) mass is 232 g/mol. The summed E-state index contributed by atoms with van der Waals surface area (Å²) in [5, 5.41) is 4.42. The average molecular weight is 232 g/mol. The largest absolute Gasteiger partial charge is 0.399 e. The molecule has 1 unspecified atom stereocenters. The molecule has 0 amide bonds. The number of pyridine rings is 1. The number of nitrogen functional groups attached to an aromatic ring is 1. The first-order chi connectivity index (χ1) is 8.31. The highest BCUT2D eigenvalue weighted by atomic mass is 16.5. The third-order valence-corrected chi connectivity index (χ3v) is 3.09. The molecule has 2 aromatic rings. The van der Waals surface area contributed by atoms with Gasteiger partial charge in [-0.2, -0.15) is 5.10 Å². The van der Waals surface area contributed by atoms with E-state index in [9.17, 15) is 0 Å². The summed E-state index contributed by atoms with van der Waals surface area (Å²) in [7, 11) is 0. The maximum Gasteiger partial charge on any atom is 0.157 e. The minimum atomic E-state index is 0.276. The Bertz CT molecular complexity index is 516. The molecule has 3 heterocycles. The lowest BCUT2D eigenvalue weighted by Crippen LogP contribution is -2.21. The predicted octanol–water partition coefficient (Wildman–Crippen LogP) is 1.42. The number of hydrogen-bond donors (Lipinski definition) is 1. The lowest BCUT2D eigenvalue weighted by Gasteiger charge is -2.20. The highest BCUT2D eigenvalue weighted by Gasteiger charge is 2.16. The van der Waals surface area contributed by atoms with Gasteiger partial charge in [-0.3, -0.25) is 0 Å². The molecule has 0 spiro atoms. The lowest BCUT2D eigenvalue weighted by molar-refractivity contribution is 0.0157. The number of rotatable bonds is 2. The number of hydrogen-bond acceptors (Lipinski definition) is 4. The molecule has 0 aromatic carbocycles. The Kier molecular flexibility index (Phi) is 2.68. The van der Waals surface area contributed by atoms with Gasteiger partial charge in [0.1, 0.15) is 0 Å². The van der Waals surface area contributed by atoms with Gasteiger partial charge >= 0.3 is 0 Å². The van der Waals surface area contributed by atoms with Crippen LogP contribution in [0.25, 0.3) is 5.65 Å². The molecule has 90 valence electrons. The Labute approximate surface area is 99.6 Å². The standard InChI is InChI=1S/C12H16N4O/c13-9-4-5-16-12(7-9)14-11(15-16)8-10-3-1-2-6-17-10/h4-5,7,10H,1-3,6,8,13H2. The second-order valence-corrected chi connectivity index (χ2v) is 4.48. The molecule has 17 heavy (non-hydrogen) atoms. The average Bonchev–Trinajstić information content (AvgIpc) is 2.71. The molecule has 0 aliphatic carbocycles. The van der Waals surface area contributed by atoms with Crippen molar-refractivity contribution in [2.24, 2.45) is 0 Å². The highest BCUT2D eigenvalue weighted by molar-refractivity contribution is 5.50. The molecule has 1 saturated heterocycles. The zero-order valence-corrected chi connectivity index (χ0v) is 9.67. The van der Waals surface area contributed by atoms with Crippen molar-refractivity contribution in [3.8, 4) is 0 Å². The van der Waals surface area contributed by atoms with Gasteiger partial charge in [0, 0.05) is 31.0 Å². The molecule has 0 bridgehead atoms. The smallest absolute Gasteiger partial charge is 0.157 e. The van der Waals surface area contributed by atoms with Gasteiger partial charge in [0.05, 0.1) is 6.10 Å². The van der Waals surface area contributed by atoms with Crippen molar-refractivity contribution in [1.29, 1.82) is 0 Å². The minimum Gasteiger partial charge on any atom is -0.399 e. The van der Waals surface area contributed by atoms with Crippen LogP contribution in [0.3, 0.4) is 0 Å². The summed E-state index contributed by atoms with van der Waals surface area (Å²) in [6, 6.07) is 3.65. The number of nitrogens with zero attached hydrogens (tertiary/aromatic N) is 3. The normalized spacial score (nSPS) is 20.8. The van der Waals surface area contributed by atoms with Crippen LogP contribution in [0.1, 0.15) is 25.1 Å². The molecule has 1 aliphatic rings. The molecule has 1 atom stereocenters. The van der Waals surface area contributed by atoms with Crippen molar-refractivity contribution in [3.63, 3.8) is 0 Å². The SMILES string of the molecule is Nc1ccn2nc(CC3CCCCO3)nc2c1. The van der Waals surface area contributed by atoms with E-state index in [0.29, 0.717) is 5.69 Å². The van der Waals surface area contributed by atoms with Gasteiger partial charge < -0.3 is 10.5 Å². The van der Waals surface area contributed by atoms with Crippen LogP contribution >= 0.6 is 0 Å². The molecule has 0 radical (unpaired) electrons. The van der Waals surface area contributed by atoms with E-state index >= 15 is 0 Å². The van der Waals surface area contributed by atoms with E-state index in [-0.39, 0.29) is 6.10 Å². The molecule has 5 heteroatoms. The molecular formula is C12H16N4O. The first-order valence-electron chi connectivity index (χ1n) is 6.04. The van der Waals surface area contributed by atoms with Gasteiger partial charge in [0.15, 0.2) is 11.5 Å². The molecular weight excluding hydrogens is 216 g/mol. The van der Waals surface area contributed by atoms with Gasteiger partial charge in [0.2, 0.25) is 0 Å². The van der Waals surface area contributed by atoms with Gasteiger partial charge in [-0.1, -0.05) is 0 Å². The molecule has 1 aliphatic heterocycles.